The number of rotatable bonds is 3. The monoisotopic (exact) mass is 224 g/mol. The first kappa shape index (κ1) is 12.4. The highest BCUT2D eigenvalue weighted by Gasteiger charge is 2.34. The Morgan fingerprint density at radius 2 is 2.00 bits per heavy atom. The lowest BCUT2D eigenvalue weighted by Gasteiger charge is -2.20. The zero-order chi connectivity index (χ0) is 12.3. The highest BCUT2D eigenvalue weighted by atomic mass is 16.5. The van der Waals surface area contributed by atoms with Crippen LogP contribution in [0.5, 0.6) is 5.88 Å². The molecule has 1 aromatic heterocycles. The van der Waals surface area contributed by atoms with Gasteiger partial charge in [-0.1, -0.05) is 0 Å². The summed E-state index contributed by atoms with van der Waals surface area (Å²) in [6.07, 6.45) is 1.63. The largest absolute Gasteiger partial charge is 0.481 e. The normalized spacial score (nSPS) is 11.1. The third-order valence-corrected chi connectivity index (χ3v) is 2.37. The fourth-order valence-corrected chi connectivity index (χ4v) is 1.28. The molecule has 16 heavy (non-hydrogen) atoms. The topological polar surface area (TPSA) is 61.3 Å². The van der Waals surface area contributed by atoms with Crippen molar-refractivity contribution in [3.8, 4) is 5.88 Å². The van der Waals surface area contributed by atoms with Crippen molar-refractivity contribution in [1.82, 2.24) is 9.97 Å². The lowest BCUT2D eigenvalue weighted by Crippen LogP contribution is -2.32. The van der Waals surface area contributed by atoms with Crippen LogP contribution in [0.15, 0.2) is 6.20 Å². The maximum atomic E-state index is 11.6. The first-order valence-electron chi connectivity index (χ1n) is 4.90. The second-order valence-electron chi connectivity index (χ2n) is 4.00. The Hall–Kier alpha value is -1.65. The number of aromatic nitrogens is 2. The number of nitrogens with zero attached hydrogens (tertiary/aromatic N) is 2. The van der Waals surface area contributed by atoms with Crippen molar-refractivity contribution in [2.75, 3.05) is 14.2 Å². The number of aryl methyl sites for hydroxylation is 1. The fraction of sp³-hybridized carbons (Fsp3) is 0.545. The standard InChI is InChI=1S/C11H16N2O3/c1-7-6-12-9(13-8(7)15-4)11(2,3)10(14)16-5/h6H,1-5H3. The van der Waals surface area contributed by atoms with Crippen LogP contribution in [0.4, 0.5) is 0 Å². The predicted molar refractivity (Wildman–Crippen MR) is 58.4 cm³/mol. The number of carbonyl (C=O) groups excluding carboxylic acids is 1. The van der Waals surface area contributed by atoms with Gasteiger partial charge in [-0.05, 0) is 20.8 Å². The van der Waals surface area contributed by atoms with Gasteiger partial charge in [0.15, 0.2) is 0 Å². The maximum Gasteiger partial charge on any atom is 0.318 e. The van der Waals surface area contributed by atoms with Crippen LogP contribution < -0.4 is 4.74 Å². The molecule has 0 spiro atoms. The molecule has 0 fully saturated rings. The van der Waals surface area contributed by atoms with Crippen LogP contribution in [0.25, 0.3) is 0 Å². The van der Waals surface area contributed by atoms with Gasteiger partial charge in [-0.15, -0.1) is 0 Å². The Morgan fingerprint density at radius 1 is 1.38 bits per heavy atom. The molecule has 1 aromatic rings. The van der Waals surface area contributed by atoms with Gasteiger partial charge in [-0.25, -0.2) is 4.98 Å². The van der Waals surface area contributed by atoms with E-state index in [1.165, 1.54) is 14.2 Å². The number of carbonyl (C=O) groups is 1. The van der Waals surface area contributed by atoms with E-state index >= 15 is 0 Å². The van der Waals surface area contributed by atoms with Crippen LogP contribution in [0.3, 0.4) is 0 Å². The van der Waals surface area contributed by atoms with Crippen LogP contribution in [0.1, 0.15) is 25.2 Å². The third kappa shape index (κ3) is 2.13. The van der Waals surface area contributed by atoms with E-state index in [0.29, 0.717) is 11.7 Å². The van der Waals surface area contributed by atoms with Gasteiger partial charge in [0.2, 0.25) is 5.88 Å². The van der Waals surface area contributed by atoms with E-state index in [4.69, 9.17) is 9.47 Å². The van der Waals surface area contributed by atoms with Gasteiger partial charge in [-0.3, -0.25) is 4.79 Å². The molecule has 1 rings (SSSR count). The molecule has 0 atom stereocenters. The van der Waals surface area contributed by atoms with Crippen LogP contribution in [-0.4, -0.2) is 30.2 Å². The zero-order valence-electron chi connectivity index (χ0n) is 10.2. The molecule has 5 nitrogen and oxygen atoms in total. The first-order chi connectivity index (χ1) is 7.43. The van der Waals surface area contributed by atoms with Gasteiger partial charge in [0, 0.05) is 11.8 Å². The summed E-state index contributed by atoms with van der Waals surface area (Å²) in [5.41, 5.74) is -0.0534. The average molecular weight is 224 g/mol. The van der Waals surface area contributed by atoms with Gasteiger partial charge in [0.25, 0.3) is 0 Å². The molecule has 0 bridgehead atoms. The second-order valence-corrected chi connectivity index (χ2v) is 4.00. The van der Waals surface area contributed by atoms with Gasteiger partial charge in [0.1, 0.15) is 11.2 Å². The first-order valence-corrected chi connectivity index (χ1v) is 4.90. The summed E-state index contributed by atoms with van der Waals surface area (Å²) in [6, 6.07) is 0. The molecule has 0 aliphatic rings. The summed E-state index contributed by atoms with van der Waals surface area (Å²) < 4.78 is 9.80. The highest BCUT2D eigenvalue weighted by Crippen LogP contribution is 2.23. The van der Waals surface area contributed by atoms with E-state index in [0.717, 1.165) is 5.56 Å². The Bertz CT molecular complexity index is 402. The van der Waals surface area contributed by atoms with Crippen LogP contribution in [0, 0.1) is 6.92 Å². The summed E-state index contributed by atoms with van der Waals surface area (Å²) in [5.74, 6) is 0.488. The van der Waals surface area contributed by atoms with E-state index < -0.39 is 5.41 Å². The second kappa shape index (κ2) is 4.47. The molecule has 5 heteroatoms. The minimum atomic E-state index is -0.879. The fourth-order valence-electron chi connectivity index (χ4n) is 1.28. The molecule has 0 aliphatic carbocycles. The number of hydrogen-bond donors (Lipinski definition) is 0. The summed E-state index contributed by atoms with van der Waals surface area (Å²) >= 11 is 0. The summed E-state index contributed by atoms with van der Waals surface area (Å²) in [7, 11) is 2.87. The van der Waals surface area contributed by atoms with Crippen LogP contribution >= 0.6 is 0 Å². The molecular weight excluding hydrogens is 208 g/mol. The van der Waals surface area contributed by atoms with Crippen molar-refractivity contribution in [1.29, 1.82) is 0 Å². The smallest absolute Gasteiger partial charge is 0.318 e. The molecule has 1 heterocycles. The molecule has 0 saturated carbocycles. The van der Waals surface area contributed by atoms with Gasteiger partial charge >= 0.3 is 5.97 Å². The zero-order valence-corrected chi connectivity index (χ0v) is 10.2. The third-order valence-electron chi connectivity index (χ3n) is 2.37. The van der Waals surface area contributed by atoms with E-state index in [1.54, 1.807) is 20.0 Å². The van der Waals surface area contributed by atoms with E-state index in [-0.39, 0.29) is 5.97 Å². The minimum absolute atomic E-state index is 0.376. The molecular formula is C11H16N2O3. The van der Waals surface area contributed by atoms with Crippen LogP contribution in [-0.2, 0) is 14.9 Å². The van der Waals surface area contributed by atoms with Crippen molar-refractivity contribution in [3.05, 3.63) is 17.6 Å². The Morgan fingerprint density at radius 3 is 2.50 bits per heavy atom. The average Bonchev–Trinajstić information content (AvgIpc) is 2.28. The van der Waals surface area contributed by atoms with Crippen molar-refractivity contribution in [2.45, 2.75) is 26.2 Å². The number of ether oxygens (including phenoxy) is 2. The molecule has 0 aromatic carbocycles. The summed E-state index contributed by atoms with van der Waals surface area (Å²) in [6.45, 7) is 5.26. The van der Waals surface area contributed by atoms with Crippen molar-refractivity contribution < 1.29 is 14.3 Å². The van der Waals surface area contributed by atoms with Crippen LogP contribution in [0.2, 0.25) is 0 Å². The van der Waals surface area contributed by atoms with E-state index in [1.807, 2.05) is 6.92 Å². The van der Waals surface area contributed by atoms with Gasteiger partial charge in [0.05, 0.1) is 14.2 Å². The lowest BCUT2D eigenvalue weighted by atomic mass is 9.92. The number of hydrogen-bond acceptors (Lipinski definition) is 5. The molecule has 0 unspecified atom stereocenters. The van der Waals surface area contributed by atoms with Crippen molar-refractivity contribution in [3.63, 3.8) is 0 Å². The van der Waals surface area contributed by atoms with Gasteiger partial charge in [-0.2, -0.15) is 4.98 Å². The minimum Gasteiger partial charge on any atom is -0.481 e. The summed E-state index contributed by atoms with van der Waals surface area (Å²) in [4.78, 5) is 19.9. The predicted octanol–water partition coefficient (Wildman–Crippen LogP) is 1.24. The Balaban J connectivity index is 3.18. The number of methoxy groups -OCH3 is 2. The molecule has 0 N–H and O–H groups in total. The highest BCUT2D eigenvalue weighted by molar-refractivity contribution is 5.80. The quantitative estimate of drug-likeness (QED) is 0.723. The van der Waals surface area contributed by atoms with Gasteiger partial charge < -0.3 is 9.47 Å². The van der Waals surface area contributed by atoms with E-state index in [2.05, 4.69) is 9.97 Å². The SMILES string of the molecule is COC(=O)C(C)(C)c1ncc(C)c(OC)n1. The van der Waals surface area contributed by atoms with Crippen molar-refractivity contribution >= 4 is 5.97 Å². The Kier molecular flexibility index (Phi) is 3.47. The number of esters is 1. The molecule has 0 saturated heterocycles. The molecule has 88 valence electrons. The molecule has 0 amide bonds. The summed E-state index contributed by atoms with van der Waals surface area (Å²) in [5, 5.41) is 0. The lowest BCUT2D eigenvalue weighted by molar-refractivity contribution is -0.146. The molecule has 0 aliphatic heterocycles. The van der Waals surface area contributed by atoms with Crippen molar-refractivity contribution in [2.24, 2.45) is 0 Å². The van der Waals surface area contributed by atoms with E-state index in [9.17, 15) is 4.79 Å². The molecule has 0 radical (unpaired) electrons. The maximum absolute atomic E-state index is 11.6. The Labute approximate surface area is 94.8 Å².